The van der Waals surface area contributed by atoms with E-state index >= 15 is 0 Å². The van der Waals surface area contributed by atoms with Gasteiger partial charge in [0.2, 0.25) is 15.9 Å². The van der Waals surface area contributed by atoms with Crippen LogP contribution in [0.4, 0.5) is 5.00 Å². The van der Waals surface area contributed by atoms with Gasteiger partial charge in [-0.15, -0.1) is 11.3 Å². The normalized spacial score (nSPS) is 18.2. The molecule has 8 nitrogen and oxygen atoms in total. The summed E-state index contributed by atoms with van der Waals surface area (Å²) in [7, 11) is -3.79. The maximum atomic E-state index is 13.1. The molecule has 1 aliphatic heterocycles. The van der Waals surface area contributed by atoms with E-state index in [9.17, 15) is 23.7 Å². The van der Waals surface area contributed by atoms with Crippen LogP contribution in [0.25, 0.3) is 0 Å². The van der Waals surface area contributed by atoms with Gasteiger partial charge in [0.05, 0.1) is 22.1 Å². The first-order valence-corrected chi connectivity index (χ1v) is 13.7. The quantitative estimate of drug-likeness (QED) is 0.635. The number of carbonyl (C=O) groups excluding carboxylic acids is 1. The third-order valence-corrected chi connectivity index (χ3v) is 9.76. The Bertz CT molecular complexity index is 1260. The Morgan fingerprint density at radius 2 is 1.76 bits per heavy atom. The molecule has 1 amide bonds. The summed E-state index contributed by atoms with van der Waals surface area (Å²) in [4.78, 5) is 16.2. The van der Waals surface area contributed by atoms with Crippen LogP contribution in [0.15, 0.2) is 29.2 Å². The van der Waals surface area contributed by atoms with Crippen molar-refractivity contribution in [3.63, 3.8) is 0 Å². The molecule has 1 N–H and O–H groups in total. The Labute approximate surface area is 204 Å². The third kappa shape index (κ3) is 4.73. The van der Waals surface area contributed by atoms with Crippen LogP contribution in [0.2, 0.25) is 0 Å². The van der Waals surface area contributed by atoms with Crippen LogP contribution in [0.3, 0.4) is 0 Å². The zero-order valence-electron chi connectivity index (χ0n) is 19.1. The largest absolute Gasteiger partial charge is 0.315 e. The number of nitriles is 2. The molecule has 178 valence electrons. The van der Waals surface area contributed by atoms with Gasteiger partial charge in [-0.3, -0.25) is 9.69 Å². The average Bonchev–Trinajstić information content (AvgIpc) is 3.01. The van der Waals surface area contributed by atoms with Crippen molar-refractivity contribution in [3.05, 3.63) is 45.8 Å². The number of piperazine rings is 1. The lowest BCUT2D eigenvalue weighted by atomic mass is 10.1. The molecule has 1 aromatic carbocycles. The molecule has 1 aromatic heterocycles. The Hall–Kier alpha value is -2.76. The molecule has 1 atom stereocenters. The summed E-state index contributed by atoms with van der Waals surface area (Å²) in [6.07, 6.45) is 5.16. The minimum absolute atomic E-state index is 0.0123. The highest BCUT2D eigenvalue weighted by molar-refractivity contribution is 7.89. The van der Waals surface area contributed by atoms with Crippen LogP contribution in [-0.4, -0.2) is 55.8 Å². The predicted molar refractivity (Wildman–Crippen MR) is 130 cm³/mol. The number of nitrogens with one attached hydrogen (secondary N) is 1. The lowest BCUT2D eigenvalue weighted by Gasteiger charge is -2.36. The maximum absolute atomic E-state index is 13.1. The molecule has 1 unspecified atom stereocenters. The highest BCUT2D eigenvalue weighted by Gasteiger charge is 2.33. The zero-order chi connectivity index (χ0) is 24.3. The summed E-state index contributed by atoms with van der Waals surface area (Å²) in [5.41, 5.74) is 1.80. The standard InChI is InChI=1S/C24H27N5O3S2/c1-17(23(30)27-24-20(16-26)19-8-3-2-4-9-21(19)33-24)28-11-13-29(14-12-28)34(31,32)22-10-6-5-7-18(22)15-25/h5-7,10,17H,2-4,8-9,11-14H2,1H3,(H,27,30). The van der Waals surface area contributed by atoms with Gasteiger partial charge in [-0.1, -0.05) is 18.6 Å². The van der Waals surface area contributed by atoms with Gasteiger partial charge in [0.1, 0.15) is 17.1 Å². The van der Waals surface area contributed by atoms with Gasteiger partial charge in [0.25, 0.3) is 0 Å². The number of hydrogen-bond donors (Lipinski definition) is 1. The van der Waals surface area contributed by atoms with Crippen LogP contribution in [0.1, 0.15) is 47.8 Å². The van der Waals surface area contributed by atoms with E-state index in [2.05, 4.69) is 11.4 Å². The molecule has 1 fully saturated rings. The number of anilines is 1. The Balaban J connectivity index is 1.41. The third-order valence-electron chi connectivity index (χ3n) is 6.60. The van der Waals surface area contributed by atoms with Crippen molar-refractivity contribution >= 4 is 32.3 Å². The summed E-state index contributed by atoms with van der Waals surface area (Å²) in [5, 5.41) is 22.6. The minimum Gasteiger partial charge on any atom is -0.315 e. The van der Waals surface area contributed by atoms with Crippen molar-refractivity contribution in [2.24, 2.45) is 0 Å². The number of sulfonamides is 1. The topological polar surface area (TPSA) is 117 Å². The summed E-state index contributed by atoms with van der Waals surface area (Å²) in [5.74, 6) is -0.195. The van der Waals surface area contributed by atoms with Crippen LogP contribution < -0.4 is 5.32 Å². The van der Waals surface area contributed by atoms with Gasteiger partial charge in [0.15, 0.2) is 0 Å². The molecular weight excluding hydrogens is 470 g/mol. The molecule has 4 rings (SSSR count). The SMILES string of the molecule is CC(C(=O)Nc1sc2c(c1C#N)CCCCC2)N1CCN(S(=O)(=O)c2ccccc2C#N)CC1. The predicted octanol–water partition coefficient (Wildman–Crippen LogP) is 3.09. The highest BCUT2D eigenvalue weighted by Crippen LogP contribution is 2.37. The molecule has 0 spiro atoms. The van der Waals surface area contributed by atoms with Crippen molar-refractivity contribution < 1.29 is 13.2 Å². The van der Waals surface area contributed by atoms with Crippen molar-refractivity contribution in [3.8, 4) is 12.1 Å². The number of thiophene rings is 1. The van der Waals surface area contributed by atoms with Crippen molar-refractivity contribution in [1.29, 1.82) is 10.5 Å². The monoisotopic (exact) mass is 497 g/mol. The van der Waals surface area contributed by atoms with Crippen LogP contribution in [0.5, 0.6) is 0 Å². The number of benzene rings is 1. The summed E-state index contributed by atoms with van der Waals surface area (Å²) >= 11 is 1.51. The molecule has 2 heterocycles. The lowest BCUT2D eigenvalue weighted by Crippen LogP contribution is -2.54. The van der Waals surface area contributed by atoms with Gasteiger partial charge in [-0.25, -0.2) is 8.42 Å². The second-order valence-corrected chi connectivity index (χ2v) is 11.6. The number of aryl methyl sites for hydroxylation is 1. The number of carbonyl (C=O) groups is 1. The lowest BCUT2D eigenvalue weighted by molar-refractivity contribution is -0.121. The van der Waals surface area contributed by atoms with Crippen LogP contribution in [0, 0.1) is 22.7 Å². The highest BCUT2D eigenvalue weighted by atomic mass is 32.2. The van der Waals surface area contributed by atoms with E-state index in [0.717, 1.165) is 37.7 Å². The zero-order valence-corrected chi connectivity index (χ0v) is 20.7. The fourth-order valence-corrected chi connectivity index (χ4v) is 7.39. The van der Waals surface area contributed by atoms with E-state index in [1.807, 2.05) is 11.0 Å². The first-order valence-electron chi connectivity index (χ1n) is 11.5. The molecular formula is C24H27N5O3S2. The van der Waals surface area contributed by atoms with Crippen molar-refractivity contribution in [1.82, 2.24) is 9.21 Å². The average molecular weight is 498 g/mol. The molecule has 0 radical (unpaired) electrons. The van der Waals surface area contributed by atoms with E-state index in [4.69, 9.17) is 0 Å². The van der Waals surface area contributed by atoms with E-state index in [1.165, 1.54) is 32.7 Å². The van der Waals surface area contributed by atoms with Crippen molar-refractivity contribution in [2.45, 2.75) is 50.0 Å². The maximum Gasteiger partial charge on any atom is 0.244 e. The Morgan fingerprint density at radius 3 is 2.47 bits per heavy atom. The van der Waals surface area contributed by atoms with Crippen LogP contribution in [-0.2, 0) is 27.7 Å². The number of nitrogens with zero attached hydrogens (tertiary/aromatic N) is 4. The number of hydrogen-bond acceptors (Lipinski definition) is 7. The van der Waals surface area contributed by atoms with Crippen LogP contribution >= 0.6 is 11.3 Å². The Morgan fingerprint density at radius 1 is 1.06 bits per heavy atom. The molecule has 0 bridgehead atoms. The molecule has 2 aliphatic rings. The minimum atomic E-state index is -3.79. The van der Waals surface area contributed by atoms with E-state index < -0.39 is 16.1 Å². The van der Waals surface area contributed by atoms with Gasteiger partial charge in [0, 0.05) is 31.1 Å². The van der Waals surface area contributed by atoms with Gasteiger partial charge in [-0.05, 0) is 50.3 Å². The Kier molecular flexibility index (Phi) is 7.34. The fraction of sp³-hybridized carbons (Fsp3) is 0.458. The second-order valence-electron chi connectivity index (χ2n) is 8.59. The molecule has 34 heavy (non-hydrogen) atoms. The number of amides is 1. The number of rotatable bonds is 5. The first kappa shape index (κ1) is 24.4. The van der Waals surface area contributed by atoms with Crippen molar-refractivity contribution in [2.75, 3.05) is 31.5 Å². The number of fused-ring (bicyclic) bond motifs is 1. The summed E-state index contributed by atoms with van der Waals surface area (Å²) in [6, 6.07) is 9.96. The molecule has 0 saturated carbocycles. The molecule has 2 aromatic rings. The fourth-order valence-electron chi connectivity index (χ4n) is 4.59. The van der Waals surface area contributed by atoms with Gasteiger partial charge >= 0.3 is 0 Å². The molecule has 1 aliphatic carbocycles. The smallest absolute Gasteiger partial charge is 0.244 e. The second kappa shape index (κ2) is 10.2. The summed E-state index contributed by atoms with van der Waals surface area (Å²) in [6.45, 7) is 3.06. The molecule has 1 saturated heterocycles. The van der Waals surface area contributed by atoms with E-state index in [1.54, 1.807) is 19.1 Å². The first-order chi connectivity index (χ1) is 16.4. The molecule has 10 heteroatoms. The van der Waals surface area contributed by atoms with E-state index in [-0.39, 0.29) is 29.5 Å². The van der Waals surface area contributed by atoms with Gasteiger partial charge < -0.3 is 5.32 Å². The van der Waals surface area contributed by atoms with Gasteiger partial charge in [-0.2, -0.15) is 14.8 Å². The van der Waals surface area contributed by atoms with E-state index in [0.29, 0.717) is 23.7 Å². The summed E-state index contributed by atoms with van der Waals surface area (Å²) < 4.78 is 27.5.